The number of nitrogens with zero attached hydrogens (tertiary/aromatic N) is 4. The van der Waals surface area contributed by atoms with E-state index in [9.17, 15) is 4.79 Å². The second-order valence-electron chi connectivity index (χ2n) is 5.91. The monoisotopic (exact) mass is 371 g/mol. The molecule has 8 heteroatoms. The van der Waals surface area contributed by atoms with Crippen LogP contribution in [0.1, 0.15) is 29.8 Å². The predicted octanol–water partition coefficient (Wildman–Crippen LogP) is 3.03. The fourth-order valence-electron chi connectivity index (χ4n) is 2.40. The van der Waals surface area contributed by atoms with E-state index >= 15 is 0 Å². The van der Waals surface area contributed by atoms with Crippen LogP contribution >= 0.6 is 11.6 Å². The van der Waals surface area contributed by atoms with E-state index in [0.29, 0.717) is 22.8 Å². The van der Waals surface area contributed by atoms with Crippen molar-refractivity contribution in [3.05, 3.63) is 64.9 Å². The molecule has 2 aromatic carbocycles. The van der Waals surface area contributed by atoms with Crippen molar-refractivity contribution in [1.82, 2.24) is 25.5 Å². The quantitative estimate of drug-likeness (QED) is 0.720. The Morgan fingerprint density at radius 3 is 2.65 bits per heavy atom. The Kier molecular flexibility index (Phi) is 5.48. The van der Waals surface area contributed by atoms with Crippen molar-refractivity contribution in [2.45, 2.75) is 26.5 Å². The highest BCUT2D eigenvalue weighted by Crippen LogP contribution is 2.19. The summed E-state index contributed by atoms with van der Waals surface area (Å²) in [6.45, 7) is 4.32. The first kappa shape index (κ1) is 17.9. The zero-order valence-corrected chi connectivity index (χ0v) is 15.1. The molecule has 0 aliphatic carbocycles. The third-order valence-electron chi connectivity index (χ3n) is 3.55. The van der Waals surface area contributed by atoms with Gasteiger partial charge in [-0.25, -0.2) is 0 Å². The number of aromatic nitrogens is 4. The van der Waals surface area contributed by atoms with Crippen LogP contribution in [0.5, 0.6) is 5.75 Å². The fourth-order valence-corrected chi connectivity index (χ4v) is 2.57. The molecule has 0 atom stereocenters. The van der Waals surface area contributed by atoms with Crippen LogP contribution in [0, 0.1) is 0 Å². The molecule has 26 heavy (non-hydrogen) atoms. The molecule has 134 valence electrons. The molecule has 0 spiro atoms. The number of benzene rings is 2. The van der Waals surface area contributed by atoms with Crippen LogP contribution in [-0.2, 0) is 6.54 Å². The van der Waals surface area contributed by atoms with Gasteiger partial charge in [0.15, 0.2) is 0 Å². The number of amides is 1. The lowest BCUT2D eigenvalue weighted by atomic mass is 10.1. The van der Waals surface area contributed by atoms with Crippen LogP contribution in [0.3, 0.4) is 0 Å². The molecule has 1 aromatic heterocycles. The molecule has 0 aliphatic rings. The second-order valence-corrected chi connectivity index (χ2v) is 6.35. The number of hydrogen-bond donors (Lipinski definition) is 1. The molecule has 0 radical (unpaired) electrons. The summed E-state index contributed by atoms with van der Waals surface area (Å²) in [6.07, 6.45) is 1.54. The number of carbonyl (C=O) groups is 1. The minimum atomic E-state index is -0.263. The molecular formula is C18H18ClN5O2. The topological polar surface area (TPSA) is 81.9 Å². The molecule has 0 aliphatic heterocycles. The van der Waals surface area contributed by atoms with Crippen LogP contribution in [0.4, 0.5) is 0 Å². The van der Waals surface area contributed by atoms with Gasteiger partial charge in [-0.2, -0.15) is 4.68 Å². The minimum absolute atomic E-state index is 0.119. The van der Waals surface area contributed by atoms with Crippen molar-refractivity contribution in [2.75, 3.05) is 0 Å². The summed E-state index contributed by atoms with van der Waals surface area (Å²) in [6, 6.07) is 12.6. The van der Waals surface area contributed by atoms with Gasteiger partial charge in [0.2, 0.25) is 0 Å². The zero-order chi connectivity index (χ0) is 18.5. The van der Waals surface area contributed by atoms with Crippen molar-refractivity contribution in [2.24, 2.45) is 0 Å². The largest absolute Gasteiger partial charge is 0.491 e. The highest BCUT2D eigenvalue weighted by atomic mass is 35.5. The zero-order valence-electron chi connectivity index (χ0n) is 14.4. The molecule has 0 unspecified atom stereocenters. The molecule has 0 bridgehead atoms. The number of hydrogen-bond acceptors (Lipinski definition) is 5. The van der Waals surface area contributed by atoms with Gasteiger partial charge in [-0.1, -0.05) is 23.7 Å². The van der Waals surface area contributed by atoms with E-state index in [1.165, 1.54) is 11.0 Å². The maximum atomic E-state index is 12.6. The first-order valence-corrected chi connectivity index (χ1v) is 8.47. The van der Waals surface area contributed by atoms with Crippen LogP contribution in [0.15, 0.2) is 48.8 Å². The Morgan fingerprint density at radius 2 is 2.00 bits per heavy atom. The number of carbonyl (C=O) groups excluding carboxylic acids is 1. The van der Waals surface area contributed by atoms with Gasteiger partial charge in [-0.3, -0.25) is 4.79 Å². The number of rotatable bonds is 6. The lowest BCUT2D eigenvalue weighted by molar-refractivity contribution is 0.0950. The molecule has 7 nitrogen and oxygen atoms in total. The smallest absolute Gasteiger partial charge is 0.253 e. The summed E-state index contributed by atoms with van der Waals surface area (Å²) in [5, 5.41) is 14.4. The molecule has 3 rings (SSSR count). The maximum absolute atomic E-state index is 12.6. The Labute approximate surface area is 155 Å². The van der Waals surface area contributed by atoms with Crippen LogP contribution in [0.25, 0.3) is 5.69 Å². The van der Waals surface area contributed by atoms with E-state index in [4.69, 9.17) is 16.3 Å². The summed E-state index contributed by atoms with van der Waals surface area (Å²) >= 11 is 6.04. The van der Waals surface area contributed by atoms with E-state index in [0.717, 1.165) is 11.3 Å². The molecule has 1 N–H and O–H groups in total. The summed E-state index contributed by atoms with van der Waals surface area (Å²) in [4.78, 5) is 12.6. The van der Waals surface area contributed by atoms with E-state index in [1.807, 2.05) is 38.1 Å². The Morgan fingerprint density at radius 1 is 1.23 bits per heavy atom. The van der Waals surface area contributed by atoms with Crippen molar-refractivity contribution in [1.29, 1.82) is 0 Å². The Bertz CT molecular complexity index is 879. The number of nitrogens with one attached hydrogen (secondary N) is 1. The van der Waals surface area contributed by atoms with Crippen molar-refractivity contribution in [3.8, 4) is 11.4 Å². The Hall–Kier alpha value is -2.93. The molecular weight excluding hydrogens is 354 g/mol. The summed E-state index contributed by atoms with van der Waals surface area (Å²) in [7, 11) is 0. The standard InChI is InChI=1S/C18H18ClN5O2/c1-12(2)26-15-6-3-13(4-7-15)10-20-18(25)16-9-14(19)5-8-17(16)24-11-21-22-23-24/h3-9,11-12H,10H2,1-2H3,(H,20,25). The molecule has 3 aromatic rings. The number of ether oxygens (including phenoxy) is 1. The van der Waals surface area contributed by atoms with Gasteiger partial charge in [0.1, 0.15) is 12.1 Å². The maximum Gasteiger partial charge on any atom is 0.253 e. The second kappa shape index (κ2) is 7.97. The van der Waals surface area contributed by atoms with Gasteiger partial charge >= 0.3 is 0 Å². The normalized spacial score (nSPS) is 10.8. The minimum Gasteiger partial charge on any atom is -0.491 e. The third-order valence-corrected chi connectivity index (χ3v) is 3.78. The fraction of sp³-hybridized carbons (Fsp3) is 0.222. The highest BCUT2D eigenvalue weighted by molar-refractivity contribution is 6.31. The molecule has 0 saturated heterocycles. The molecule has 1 heterocycles. The first-order valence-electron chi connectivity index (χ1n) is 8.09. The van der Waals surface area contributed by atoms with E-state index in [1.54, 1.807) is 18.2 Å². The molecule has 1 amide bonds. The van der Waals surface area contributed by atoms with Gasteiger partial charge in [-0.15, -0.1) is 5.10 Å². The van der Waals surface area contributed by atoms with Crippen LogP contribution < -0.4 is 10.1 Å². The average Bonchev–Trinajstić information content (AvgIpc) is 3.15. The van der Waals surface area contributed by atoms with Gasteiger partial charge in [-0.05, 0) is 60.2 Å². The lowest BCUT2D eigenvalue weighted by Gasteiger charge is -2.12. The van der Waals surface area contributed by atoms with E-state index in [-0.39, 0.29) is 12.0 Å². The number of halogens is 1. The Balaban J connectivity index is 1.71. The van der Waals surface area contributed by atoms with Gasteiger partial charge in [0.25, 0.3) is 5.91 Å². The first-order chi connectivity index (χ1) is 12.5. The highest BCUT2D eigenvalue weighted by Gasteiger charge is 2.14. The van der Waals surface area contributed by atoms with E-state index < -0.39 is 0 Å². The SMILES string of the molecule is CC(C)Oc1ccc(CNC(=O)c2cc(Cl)ccc2-n2cnnn2)cc1. The lowest BCUT2D eigenvalue weighted by Crippen LogP contribution is -2.24. The molecule has 0 saturated carbocycles. The summed E-state index contributed by atoms with van der Waals surface area (Å²) in [5.41, 5.74) is 1.91. The average molecular weight is 372 g/mol. The van der Waals surface area contributed by atoms with Gasteiger partial charge < -0.3 is 10.1 Å². The van der Waals surface area contributed by atoms with Crippen molar-refractivity contribution < 1.29 is 9.53 Å². The molecule has 0 fully saturated rings. The number of tetrazole rings is 1. The summed E-state index contributed by atoms with van der Waals surface area (Å²) < 4.78 is 7.03. The van der Waals surface area contributed by atoms with Crippen LogP contribution in [0.2, 0.25) is 5.02 Å². The van der Waals surface area contributed by atoms with E-state index in [2.05, 4.69) is 20.8 Å². The van der Waals surface area contributed by atoms with Crippen molar-refractivity contribution in [3.63, 3.8) is 0 Å². The van der Waals surface area contributed by atoms with Crippen molar-refractivity contribution >= 4 is 17.5 Å². The van der Waals surface area contributed by atoms with Crippen LogP contribution in [-0.4, -0.2) is 32.2 Å². The summed E-state index contributed by atoms with van der Waals surface area (Å²) in [5.74, 6) is 0.534. The van der Waals surface area contributed by atoms with Gasteiger partial charge in [0.05, 0.1) is 17.4 Å². The van der Waals surface area contributed by atoms with Gasteiger partial charge in [0, 0.05) is 11.6 Å². The predicted molar refractivity (Wildman–Crippen MR) is 97.5 cm³/mol. The third kappa shape index (κ3) is 4.37.